The highest BCUT2D eigenvalue weighted by atomic mass is 32.2. The number of carbonyl (C=O) groups is 1. The molecular formula is C22H32N4O3S. The zero-order valence-corrected chi connectivity index (χ0v) is 18.6. The summed E-state index contributed by atoms with van der Waals surface area (Å²) >= 11 is 0. The first-order valence-corrected chi connectivity index (χ1v) is 12.6. The van der Waals surface area contributed by atoms with Gasteiger partial charge in [0.2, 0.25) is 15.9 Å². The number of sulfonamides is 1. The first-order valence-electron chi connectivity index (χ1n) is 11.1. The number of aryl methyl sites for hydroxylation is 2. The van der Waals surface area contributed by atoms with Gasteiger partial charge in [0.15, 0.2) is 0 Å². The number of carbonyl (C=O) groups excluding carboxylic acids is 1. The van der Waals surface area contributed by atoms with Gasteiger partial charge in [-0.05, 0) is 68.6 Å². The van der Waals surface area contributed by atoms with Gasteiger partial charge >= 0.3 is 0 Å². The summed E-state index contributed by atoms with van der Waals surface area (Å²) in [6.07, 6.45) is 7.09. The second-order valence-electron chi connectivity index (χ2n) is 9.07. The fourth-order valence-electron chi connectivity index (χ4n) is 5.57. The molecule has 4 rings (SSSR count). The zero-order valence-electron chi connectivity index (χ0n) is 17.8. The van der Waals surface area contributed by atoms with Crippen LogP contribution in [0.5, 0.6) is 0 Å². The van der Waals surface area contributed by atoms with Crippen molar-refractivity contribution in [1.82, 2.24) is 14.9 Å². The largest absolute Gasteiger partial charge is 0.353 e. The Bertz CT molecular complexity index is 1050. The molecule has 0 radical (unpaired) electrons. The molecule has 164 valence electrons. The van der Waals surface area contributed by atoms with Crippen LogP contribution in [0, 0.1) is 17.8 Å². The quantitative estimate of drug-likeness (QED) is 0.669. The number of nitrogens with one attached hydrogen (secondary N) is 1. The molecule has 7 nitrogen and oxygen atoms in total. The zero-order chi connectivity index (χ0) is 21.5. The van der Waals surface area contributed by atoms with Crippen molar-refractivity contribution >= 4 is 27.0 Å². The number of amides is 1. The van der Waals surface area contributed by atoms with Crippen molar-refractivity contribution in [3.8, 4) is 0 Å². The minimum absolute atomic E-state index is 0.0557. The predicted octanol–water partition coefficient (Wildman–Crippen LogP) is 2.97. The number of rotatable bonds is 8. The molecule has 4 atom stereocenters. The van der Waals surface area contributed by atoms with Gasteiger partial charge < -0.3 is 9.88 Å². The van der Waals surface area contributed by atoms with Crippen molar-refractivity contribution < 1.29 is 13.2 Å². The van der Waals surface area contributed by atoms with Gasteiger partial charge in [-0.25, -0.2) is 18.5 Å². The molecule has 0 aliphatic heterocycles. The lowest BCUT2D eigenvalue weighted by Gasteiger charge is -2.28. The molecule has 2 bridgehead atoms. The fourth-order valence-corrected chi connectivity index (χ4v) is 6.10. The van der Waals surface area contributed by atoms with Crippen LogP contribution in [0.4, 0.5) is 0 Å². The molecule has 2 aromatic rings. The first kappa shape index (κ1) is 21.3. The SMILES string of the molecule is CCCn1c(CCC(=O)NC(C)C2CC3CCC2C3)nc2cc(S(N)(=O)=O)ccc21. The number of nitrogens with zero attached hydrogens (tertiary/aromatic N) is 2. The van der Waals surface area contributed by atoms with Gasteiger partial charge in [-0.2, -0.15) is 0 Å². The second kappa shape index (κ2) is 8.30. The van der Waals surface area contributed by atoms with Crippen LogP contribution < -0.4 is 10.5 Å². The van der Waals surface area contributed by atoms with Gasteiger partial charge in [0.05, 0.1) is 15.9 Å². The van der Waals surface area contributed by atoms with Crippen LogP contribution in [0.1, 0.15) is 58.2 Å². The number of nitrogens with two attached hydrogens (primary N) is 1. The molecule has 8 heteroatoms. The molecule has 2 aliphatic carbocycles. The van der Waals surface area contributed by atoms with Crippen LogP contribution >= 0.6 is 0 Å². The summed E-state index contributed by atoms with van der Waals surface area (Å²) in [5, 5.41) is 8.47. The molecule has 0 saturated heterocycles. The Morgan fingerprint density at radius 3 is 2.77 bits per heavy atom. The molecule has 1 aromatic heterocycles. The van der Waals surface area contributed by atoms with Crippen LogP contribution in [-0.4, -0.2) is 29.9 Å². The van der Waals surface area contributed by atoms with Crippen molar-refractivity contribution in [3.63, 3.8) is 0 Å². The predicted molar refractivity (Wildman–Crippen MR) is 116 cm³/mol. The minimum Gasteiger partial charge on any atom is -0.353 e. The number of hydrogen-bond acceptors (Lipinski definition) is 4. The van der Waals surface area contributed by atoms with Gasteiger partial charge in [0.1, 0.15) is 5.82 Å². The summed E-state index contributed by atoms with van der Waals surface area (Å²) in [5.41, 5.74) is 1.47. The van der Waals surface area contributed by atoms with Crippen LogP contribution in [0.2, 0.25) is 0 Å². The lowest BCUT2D eigenvalue weighted by atomic mass is 9.84. The van der Waals surface area contributed by atoms with E-state index >= 15 is 0 Å². The lowest BCUT2D eigenvalue weighted by Crippen LogP contribution is -2.40. The first-order chi connectivity index (χ1) is 14.3. The molecule has 2 aliphatic rings. The third-order valence-corrected chi connectivity index (χ3v) is 7.88. The summed E-state index contributed by atoms with van der Waals surface area (Å²) in [6.45, 7) is 4.99. The molecular weight excluding hydrogens is 400 g/mol. The van der Waals surface area contributed by atoms with Crippen molar-refractivity contribution in [3.05, 3.63) is 24.0 Å². The maximum Gasteiger partial charge on any atom is 0.238 e. The van der Waals surface area contributed by atoms with Crippen LogP contribution in [0.25, 0.3) is 11.0 Å². The van der Waals surface area contributed by atoms with Crippen molar-refractivity contribution in [2.24, 2.45) is 22.9 Å². The molecule has 1 amide bonds. The van der Waals surface area contributed by atoms with E-state index in [2.05, 4.69) is 28.7 Å². The summed E-state index contributed by atoms with van der Waals surface area (Å²) in [6, 6.07) is 4.99. The van der Waals surface area contributed by atoms with Crippen LogP contribution in [0.15, 0.2) is 23.1 Å². The number of primary sulfonamides is 1. The maximum atomic E-state index is 12.6. The van der Waals surface area contributed by atoms with E-state index in [-0.39, 0.29) is 16.8 Å². The Morgan fingerprint density at radius 1 is 1.33 bits per heavy atom. The lowest BCUT2D eigenvalue weighted by molar-refractivity contribution is -0.122. The second-order valence-corrected chi connectivity index (χ2v) is 10.6. The number of fused-ring (bicyclic) bond motifs is 3. The van der Waals surface area contributed by atoms with Gasteiger partial charge in [-0.3, -0.25) is 4.79 Å². The highest BCUT2D eigenvalue weighted by Crippen LogP contribution is 2.49. The van der Waals surface area contributed by atoms with E-state index in [1.54, 1.807) is 6.07 Å². The Morgan fingerprint density at radius 2 is 2.13 bits per heavy atom. The number of aromatic nitrogens is 2. The number of imidazole rings is 1. The fraction of sp³-hybridized carbons (Fsp3) is 0.636. The number of benzene rings is 1. The Hall–Kier alpha value is -1.93. The molecule has 3 N–H and O–H groups in total. The molecule has 1 aromatic carbocycles. The molecule has 4 unspecified atom stereocenters. The highest BCUT2D eigenvalue weighted by molar-refractivity contribution is 7.89. The standard InChI is InChI=1S/C22H32N4O3S/c1-3-10-26-20-7-6-17(30(23,28)29)13-19(20)25-21(26)8-9-22(27)24-14(2)18-12-15-4-5-16(18)11-15/h6-7,13-16,18H,3-5,8-12H2,1-2H3,(H,24,27)(H2,23,28,29). The van der Waals surface area contributed by atoms with E-state index in [1.807, 2.05) is 0 Å². The molecule has 30 heavy (non-hydrogen) atoms. The minimum atomic E-state index is -3.77. The van der Waals surface area contributed by atoms with E-state index in [0.717, 1.165) is 36.1 Å². The van der Waals surface area contributed by atoms with Crippen LogP contribution in [0.3, 0.4) is 0 Å². The third kappa shape index (κ3) is 4.25. The third-order valence-electron chi connectivity index (χ3n) is 6.97. The monoisotopic (exact) mass is 432 g/mol. The van der Waals surface area contributed by atoms with Crippen molar-refractivity contribution in [2.45, 2.75) is 76.3 Å². The van der Waals surface area contributed by atoms with Gasteiger partial charge in [0, 0.05) is 25.4 Å². The average molecular weight is 433 g/mol. The van der Waals surface area contributed by atoms with E-state index in [9.17, 15) is 13.2 Å². The molecule has 1 heterocycles. The summed E-state index contributed by atoms with van der Waals surface area (Å²) in [4.78, 5) is 17.3. The number of hydrogen-bond donors (Lipinski definition) is 2. The van der Waals surface area contributed by atoms with Gasteiger partial charge in [-0.1, -0.05) is 13.3 Å². The summed E-state index contributed by atoms with van der Waals surface area (Å²) < 4.78 is 25.4. The van der Waals surface area contributed by atoms with E-state index in [1.165, 1.54) is 37.8 Å². The van der Waals surface area contributed by atoms with Gasteiger partial charge in [0.25, 0.3) is 0 Å². The van der Waals surface area contributed by atoms with Crippen LogP contribution in [-0.2, 0) is 27.8 Å². The Balaban J connectivity index is 1.44. The Kier molecular flexibility index (Phi) is 5.90. The topological polar surface area (TPSA) is 107 Å². The summed E-state index contributed by atoms with van der Waals surface area (Å²) in [7, 11) is -3.77. The average Bonchev–Trinajstić information content (AvgIpc) is 3.40. The van der Waals surface area contributed by atoms with Crippen molar-refractivity contribution in [2.75, 3.05) is 0 Å². The van der Waals surface area contributed by atoms with Gasteiger partial charge in [-0.15, -0.1) is 0 Å². The smallest absolute Gasteiger partial charge is 0.238 e. The molecule has 0 spiro atoms. The molecule has 2 fully saturated rings. The molecule has 2 saturated carbocycles. The maximum absolute atomic E-state index is 12.6. The van der Waals surface area contributed by atoms with E-state index in [0.29, 0.717) is 24.3 Å². The van der Waals surface area contributed by atoms with E-state index in [4.69, 9.17) is 5.14 Å². The van der Waals surface area contributed by atoms with Crippen molar-refractivity contribution in [1.29, 1.82) is 0 Å². The normalized spacial score (nSPS) is 24.4. The summed E-state index contributed by atoms with van der Waals surface area (Å²) in [5.74, 6) is 3.14. The highest BCUT2D eigenvalue weighted by Gasteiger charge is 2.42. The van der Waals surface area contributed by atoms with E-state index < -0.39 is 10.0 Å². The Labute approximate surface area is 178 Å².